The fourth-order valence-electron chi connectivity index (χ4n) is 7.09. The molecule has 0 aliphatic rings. The van der Waals surface area contributed by atoms with Crippen molar-refractivity contribution in [3.8, 4) is 0 Å². The minimum Gasteiger partial charge on any atom is -0.466 e. The van der Waals surface area contributed by atoms with Crippen LogP contribution in [0.2, 0.25) is 0 Å². The van der Waals surface area contributed by atoms with Gasteiger partial charge in [0.15, 0.2) is 0 Å². The molecule has 0 rings (SSSR count). The van der Waals surface area contributed by atoms with Crippen LogP contribution in [0.3, 0.4) is 0 Å². The Kier molecular flexibility index (Phi) is 42.7. The van der Waals surface area contributed by atoms with E-state index in [0.29, 0.717) is 25.9 Å². The maximum atomic E-state index is 12.4. The number of nitrogens with one attached hydrogen (secondary N) is 1. The number of unbranched alkanes of at least 4 members (excludes halogenated alkanes) is 28. The Balaban J connectivity index is 3.47. The lowest BCUT2D eigenvalue weighted by Gasteiger charge is -2.22. The van der Waals surface area contributed by atoms with Gasteiger partial charge in [-0.3, -0.25) is 9.59 Å². The van der Waals surface area contributed by atoms with Crippen molar-refractivity contribution >= 4 is 11.9 Å². The third-order valence-electron chi connectivity index (χ3n) is 10.7. The molecule has 0 aliphatic heterocycles. The van der Waals surface area contributed by atoms with Crippen LogP contribution < -0.4 is 5.32 Å². The third-order valence-corrected chi connectivity index (χ3v) is 10.7. The fourth-order valence-corrected chi connectivity index (χ4v) is 7.09. The molecule has 2 atom stereocenters. The molecule has 0 bridgehead atoms. The van der Waals surface area contributed by atoms with Crippen LogP contribution in [0.1, 0.15) is 245 Å². The summed E-state index contributed by atoms with van der Waals surface area (Å²) < 4.78 is 5.44. The lowest BCUT2D eigenvalue weighted by atomic mass is 10.0. The molecule has 6 nitrogen and oxygen atoms in total. The monoisotopic (exact) mass is 762 g/mol. The van der Waals surface area contributed by atoms with Crippen molar-refractivity contribution in [1.82, 2.24) is 5.32 Å². The van der Waals surface area contributed by atoms with Crippen molar-refractivity contribution in [2.75, 3.05) is 13.2 Å². The van der Waals surface area contributed by atoms with Gasteiger partial charge in [-0.15, -0.1) is 0 Å². The molecule has 0 aliphatic carbocycles. The van der Waals surface area contributed by atoms with Crippen LogP contribution in [-0.4, -0.2) is 47.4 Å². The number of allylic oxidation sites excluding steroid dienone is 4. The van der Waals surface area contributed by atoms with Gasteiger partial charge in [0, 0.05) is 12.8 Å². The summed E-state index contributed by atoms with van der Waals surface area (Å²) in [7, 11) is 0. The molecule has 0 spiro atoms. The molecule has 0 radical (unpaired) electrons. The highest BCUT2D eigenvalue weighted by Gasteiger charge is 2.20. The van der Waals surface area contributed by atoms with E-state index >= 15 is 0 Å². The van der Waals surface area contributed by atoms with Crippen molar-refractivity contribution < 1.29 is 24.5 Å². The number of carbonyl (C=O) groups is 2. The van der Waals surface area contributed by atoms with Gasteiger partial charge in [0.25, 0.3) is 0 Å². The predicted molar refractivity (Wildman–Crippen MR) is 232 cm³/mol. The van der Waals surface area contributed by atoms with Gasteiger partial charge < -0.3 is 20.3 Å². The molecule has 0 aromatic rings. The number of esters is 1. The van der Waals surface area contributed by atoms with Crippen molar-refractivity contribution in [3.63, 3.8) is 0 Å². The molecule has 0 saturated carbocycles. The third kappa shape index (κ3) is 40.0. The van der Waals surface area contributed by atoms with Gasteiger partial charge in [0.05, 0.1) is 25.4 Å². The second kappa shape index (κ2) is 44.1. The summed E-state index contributed by atoms with van der Waals surface area (Å²) in [4.78, 5) is 24.4. The first-order valence-corrected chi connectivity index (χ1v) is 23.6. The van der Waals surface area contributed by atoms with Gasteiger partial charge in [-0.05, 0) is 51.4 Å². The molecule has 0 heterocycles. The Bertz CT molecular complexity index is 843. The first kappa shape index (κ1) is 52.3. The number of amides is 1. The van der Waals surface area contributed by atoms with E-state index in [2.05, 4.69) is 43.5 Å². The van der Waals surface area contributed by atoms with Crippen LogP contribution in [0, 0.1) is 0 Å². The summed E-state index contributed by atoms with van der Waals surface area (Å²) in [5.74, 6) is -0.0779. The zero-order valence-electron chi connectivity index (χ0n) is 36.0. The van der Waals surface area contributed by atoms with Crippen LogP contribution in [0.5, 0.6) is 0 Å². The summed E-state index contributed by atoms with van der Waals surface area (Å²) in [5.41, 5.74) is 0. The summed E-state index contributed by atoms with van der Waals surface area (Å²) >= 11 is 0. The molecule has 0 aromatic carbocycles. The van der Waals surface area contributed by atoms with Gasteiger partial charge in [-0.1, -0.05) is 205 Å². The van der Waals surface area contributed by atoms with Crippen LogP contribution in [0.4, 0.5) is 0 Å². The lowest BCUT2D eigenvalue weighted by Crippen LogP contribution is -2.45. The molecule has 3 N–H and O–H groups in total. The van der Waals surface area contributed by atoms with Gasteiger partial charge >= 0.3 is 5.97 Å². The number of hydrogen-bond donors (Lipinski definition) is 3. The Labute approximate surface area is 335 Å². The predicted octanol–water partition coefficient (Wildman–Crippen LogP) is 13.6. The van der Waals surface area contributed by atoms with E-state index in [9.17, 15) is 19.8 Å². The molecule has 6 heteroatoms. The number of aliphatic hydroxyl groups is 2. The zero-order chi connectivity index (χ0) is 39.4. The van der Waals surface area contributed by atoms with E-state index in [1.54, 1.807) is 0 Å². The van der Waals surface area contributed by atoms with E-state index < -0.39 is 12.1 Å². The molecule has 0 fully saturated rings. The molecule has 0 aromatic heterocycles. The smallest absolute Gasteiger partial charge is 0.305 e. The number of aliphatic hydroxyl groups excluding tert-OH is 2. The highest BCUT2D eigenvalue weighted by molar-refractivity contribution is 5.76. The Morgan fingerprint density at radius 3 is 1.48 bits per heavy atom. The van der Waals surface area contributed by atoms with E-state index in [0.717, 1.165) is 70.6 Å². The Hall–Kier alpha value is -1.66. The largest absolute Gasteiger partial charge is 0.466 e. The second-order valence-corrected chi connectivity index (χ2v) is 16.1. The van der Waals surface area contributed by atoms with E-state index in [4.69, 9.17) is 4.74 Å². The maximum absolute atomic E-state index is 12.4. The SMILES string of the molecule is CCC/C=C\C/C=C\CCCCCCCC(=O)OCCCCCCCCCCCCCCC(=O)NC(CO)C(O)CCCCCCCCCCCCCC. The van der Waals surface area contributed by atoms with E-state index in [1.807, 2.05) is 0 Å². The first-order chi connectivity index (χ1) is 26.5. The quantitative estimate of drug-likeness (QED) is 0.0327. The van der Waals surface area contributed by atoms with Gasteiger partial charge in [-0.25, -0.2) is 0 Å². The Morgan fingerprint density at radius 1 is 0.519 bits per heavy atom. The highest BCUT2D eigenvalue weighted by Crippen LogP contribution is 2.16. The fraction of sp³-hybridized carbons (Fsp3) is 0.875. The molecule has 0 saturated heterocycles. The van der Waals surface area contributed by atoms with Crippen molar-refractivity contribution in [2.45, 2.75) is 257 Å². The minimum absolute atomic E-state index is 0.0251. The number of ether oxygens (including phenoxy) is 1. The molecular formula is C48H91NO5. The van der Waals surface area contributed by atoms with Gasteiger partial charge in [0.2, 0.25) is 5.91 Å². The molecular weight excluding hydrogens is 671 g/mol. The molecule has 54 heavy (non-hydrogen) atoms. The number of carbonyl (C=O) groups excluding carboxylic acids is 2. The highest BCUT2D eigenvalue weighted by atomic mass is 16.5. The molecule has 318 valence electrons. The van der Waals surface area contributed by atoms with E-state index in [1.165, 1.54) is 141 Å². The standard InChI is InChI=1S/C48H91NO5/c1-3-5-7-9-11-13-15-17-22-26-30-34-38-42-48(53)54-43-39-35-31-27-23-19-18-21-25-29-33-37-41-47(52)49-45(44-50)46(51)40-36-32-28-24-20-16-14-12-10-8-6-4-2/h7,9,13,15,45-46,50-51H,3-6,8,10-12,14,16-44H2,1-2H3,(H,49,52)/b9-7-,15-13-. The topological polar surface area (TPSA) is 95.9 Å². The summed E-state index contributed by atoms with van der Waals surface area (Å²) in [6.07, 6.45) is 49.9. The normalized spacial score (nSPS) is 12.9. The van der Waals surface area contributed by atoms with Crippen molar-refractivity contribution in [1.29, 1.82) is 0 Å². The minimum atomic E-state index is -0.673. The molecule has 2 unspecified atom stereocenters. The first-order valence-electron chi connectivity index (χ1n) is 23.6. The van der Waals surface area contributed by atoms with Crippen LogP contribution >= 0.6 is 0 Å². The second-order valence-electron chi connectivity index (χ2n) is 16.1. The van der Waals surface area contributed by atoms with Crippen LogP contribution in [-0.2, 0) is 14.3 Å². The van der Waals surface area contributed by atoms with Crippen molar-refractivity contribution in [3.05, 3.63) is 24.3 Å². The van der Waals surface area contributed by atoms with Gasteiger partial charge in [0.1, 0.15) is 0 Å². The van der Waals surface area contributed by atoms with Crippen LogP contribution in [0.25, 0.3) is 0 Å². The average Bonchev–Trinajstić information content (AvgIpc) is 3.17. The van der Waals surface area contributed by atoms with Gasteiger partial charge in [-0.2, -0.15) is 0 Å². The average molecular weight is 762 g/mol. The van der Waals surface area contributed by atoms with Crippen LogP contribution in [0.15, 0.2) is 24.3 Å². The summed E-state index contributed by atoms with van der Waals surface area (Å²) in [6.45, 7) is 4.83. The lowest BCUT2D eigenvalue weighted by molar-refractivity contribution is -0.143. The summed E-state index contributed by atoms with van der Waals surface area (Å²) in [6, 6.07) is -0.552. The number of hydrogen-bond acceptors (Lipinski definition) is 5. The van der Waals surface area contributed by atoms with E-state index in [-0.39, 0.29) is 18.5 Å². The maximum Gasteiger partial charge on any atom is 0.305 e. The Morgan fingerprint density at radius 2 is 0.963 bits per heavy atom. The number of rotatable bonds is 43. The summed E-state index contributed by atoms with van der Waals surface area (Å²) in [5, 5.41) is 23.1. The zero-order valence-corrected chi connectivity index (χ0v) is 36.0. The van der Waals surface area contributed by atoms with Crippen molar-refractivity contribution in [2.24, 2.45) is 0 Å². The molecule has 1 amide bonds.